The smallest absolute Gasteiger partial charge is 0.290 e. The number of carbonyl (C=O) groups is 2. The Labute approximate surface area is 183 Å². The molecule has 7 nitrogen and oxygen atoms in total. The molecule has 1 unspecified atom stereocenters. The Morgan fingerprint density at radius 3 is 2.60 bits per heavy atom. The lowest BCUT2D eigenvalue weighted by Gasteiger charge is -2.31. The molecule has 2 aromatic heterocycles. The molecule has 0 radical (unpaired) electrons. The first-order valence-electron chi connectivity index (χ1n) is 9.95. The molecule has 9 heteroatoms. The summed E-state index contributed by atoms with van der Waals surface area (Å²) in [5.74, 6) is -1.23. The first-order valence-corrected chi connectivity index (χ1v) is 11.6. The van der Waals surface area contributed by atoms with Gasteiger partial charge in [-0.25, -0.2) is 4.98 Å². The Balaban J connectivity index is 1.68. The lowest BCUT2D eigenvalue weighted by molar-refractivity contribution is -0.129. The number of ketones is 1. The van der Waals surface area contributed by atoms with E-state index in [2.05, 4.69) is 9.88 Å². The molecule has 30 heavy (non-hydrogen) atoms. The van der Waals surface area contributed by atoms with Gasteiger partial charge >= 0.3 is 0 Å². The summed E-state index contributed by atoms with van der Waals surface area (Å²) >= 11 is 2.80. The average molecular weight is 448 g/mol. The summed E-state index contributed by atoms with van der Waals surface area (Å²) < 4.78 is 5.40. The summed E-state index contributed by atoms with van der Waals surface area (Å²) in [7, 11) is 0. The first-order chi connectivity index (χ1) is 14.4. The van der Waals surface area contributed by atoms with Crippen molar-refractivity contribution in [2.45, 2.75) is 26.8 Å². The predicted octanol–water partition coefficient (Wildman–Crippen LogP) is 3.04. The number of nitrogens with zero attached hydrogens (tertiary/aromatic N) is 3. The zero-order valence-electron chi connectivity index (χ0n) is 17.3. The second-order valence-electron chi connectivity index (χ2n) is 7.56. The highest BCUT2D eigenvalue weighted by Crippen LogP contribution is 2.42. The lowest BCUT2D eigenvalue weighted by Crippen LogP contribution is -2.43. The number of aryl methyl sites for hydroxylation is 3. The fraction of sp³-hybridized carbons (Fsp3) is 0.476. The third-order valence-electron chi connectivity index (χ3n) is 5.57. The Hall–Kier alpha value is -2.07. The number of amides is 1. The van der Waals surface area contributed by atoms with E-state index in [1.54, 1.807) is 11.8 Å². The van der Waals surface area contributed by atoms with Gasteiger partial charge in [0.05, 0.1) is 40.4 Å². The van der Waals surface area contributed by atoms with Crippen LogP contribution in [0.1, 0.15) is 36.9 Å². The third kappa shape index (κ3) is 3.82. The van der Waals surface area contributed by atoms with Crippen LogP contribution in [0.4, 0.5) is 0 Å². The monoisotopic (exact) mass is 447 g/mol. The van der Waals surface area contributed by atoms with Gasteiger partial charge in [0.15, 0.2) is 5.76 Å². The van der Waals surface area contributed by atoms with Crippen molar-refractivity contribution in [1.29, 1.82) is 0 Å². The largest absolute Gasteiger partial charge is 0.503 e. The number of thiazole rings is 1. The Morgan fingerprint density at radius 1 is 1.27 bits per heavy atom. The fourth-order valence-electron chi connectivity index (χ4n) is 3.99. The van der Waals surface area contributed by atoms with Crippen molar-refractivity contribution in [3.8, 4) is 0 Å². The maximum atomic E-state index is 13.5. The fourth-order valence-corrected chi connectivity index (χ4v) is 5.91. The molecule has 1 saturated heterocycles. The van der Waals surface area contributed by atoms with Crippen molar-refractivity contribution < 1.29 is 19.4 Å². The van der Waals surface area contributed by atoms with Gasteiger partial charge in [0.25, 0.3) is 5.91 Å². The van der Waals surface area contributed by atoms with Crippen LogP contribution in [-0.2, 0) is 9.53 Å². The summed E-state index contributed by atoms with van der Waals surface area (Å²) in [5, 5.41) is 13.5. The molecule has 0 aromatic carbocycles. The molecule has 4 rings (SSSR count). The normalized spacial score (nSPS) is 20.4. The second-order valence-corrected chi connectivity index (χ2v) is 9.71. The number of ether oxygens (including phenoxy) is 1. The van der Waals surface area contributed by atoms with E-state index in [4.69, 9.17) is 4.74 Å². The van der Waals surface area contributed by atoms with Crippen LogP contribution in [-0.4, -0.2) is 71.0 Å². The molecule has 0 bridgehead atoms. The minimum absolute atomic E-state index is 0.166. The Morgan fingerprint density at radius 2 is 2.00 bits per heavy atom. The maximum Gasteiger partial charge on any atom is 0.290 e. The molecule has 1 N–H and O–H groups in total. The van der Waals surface area contributed by atoms with Gasteiger partial charge in [0.2, 0.25) is 5.78 Å². The van der Waals surface area contributed by atoms with E-state index < -0.39 is 17.7 Å². The predicted molar refractivity (Wildman–Crippen MR) is 116 cm³/mol. The number of aliphatic hydroxyl groups excluding tert-OH is 1. The summed E-state index contributed by atoms with van der Waals surface area (Å²) in [4.78, 5) is 36.1. The highest BCUT2D eigenvalue weighted by Gasteiger charge is 2.45. The number of hydrogen-bond acceptors (Lipinski definition) is 8. The number of carbonyl (C=O) groups excluding carboxylic acids is 2. The second kappa shape index (κ2) is 8.58. The van der Waals surface area contributed by atoms with E-state index in [1.807, 2.05) is 25.3 Å². The van der Waals surface area contributed by atoms with Gasteiger partial charge in [-0.2, -0.15) is 0 Å². The van der Waals surface area contributed by atoms with Crippen molar-refractivity contribution in [1.82, 2.24) is 14.8 Å². The van der Waals surface area contributed by atoms with Crippen LogP contribution in [0, 0.1) is 20.8 Å². The number of thiophene rings is 1. The maximum absolute atomic E-state index is 13.5. The summed E-state index contributed by atoms with van der Waals surface area (Å²) in [6, 6.07) is 1.40. The minimum atomic E-state index is -0.576. The van der Waals surface area contributed by atoms with Crippen LogP contribution in [0.3, 0.4) is 0 Å². The number of aromatic nitrogens is 1. The number of hydrogen-bond donors (Lipinski definition) is 1. The van der Waals surface area contributed by atoms with Gasteiger partial charge < -0.3 is 14.7 Å². The number of Topliss-reactive ketones (excluding diaryl/α,β-unsaturated/α-hetero) is 1. The summed E-state index contributed by atoms with van der Waals surface area (Å²) in [5.41, 5.74) is 1.80. The van der Waals surface area contributed by atoms with Gasteiger partial charge in [0.1, 0.15) is 0 Å². The molecule has 160 valence electrons. The zero-order valence-corrected chi connectivity index (χ0v) is 18.9. The molecule has 0 spiro atoms. The molecule has 2 aliphatic heterocycles. The lowest BCUT2D eigenvalue weighted by atomic mass is 9.98. The number of rotatable bonds is 6. The minimum Gasteiger partial charge on any atom is -0.503 e. The van der Waals surface area contributed by atoms with Crippen molar-refractivity contribution in [3.05, 3.63) is 48.8 Å². The SMILES string of the molecule is Cc1nc(C)c(C(=O)C2=C(O)C(=O)N(CCN3CCOCC3)C2c2sccc2C)s1. The van der Waals surface area contributed by atoms with Crippen molar-refractivity contribution >= 4 is 34.4 Å². The summed E-state index contributed by atoms with van der Waals surface area (Å²) in [6.07, 6.45) is 0. The standard InChI is InChI=1S/C21H25N3O4S2/c1-12-4-11-29-19(12)16-15(17(25)20-13(2)22-14(3)30-20)18(26)21(27)24(16)6-5-23-7-9-28-10-8-23/h4,11,16,26H,5-10H2,1-3H3. The molecule has 1 amide bonds. The molecular formula is C21H25N3O4S2. The van der Waals surface area contributed by atoms with E-state index in [0.717, 1.165) is 28.5 Å². The van der Waals surface area contributed by atoms with Crippen LogP contribution >= 0.6 is 22.7 Å². The van der Waals surface area contributed by atoms with Crippen LogP contribution < -0.4 is 0 Å². The molecule has 4 heterocycles. The average Bonchev–Trinajstić information content (AvgIpc) is 3.37. The van der Waals surface area contributed by atoms with E-state index in [-0.39, 0.29) is 11.4 Å². The molecule has 0 saturated carbocycles. The van der Waals surface area contributed by atoms with Crippen LogP contribution in [0.2, 0.25) is 0 Å². The highest BCUT2D eigenvalue weighted by atomic mass is 32.1. The topological polar surface area (TPSA) is 83.0 Å². The zero-order chi connectivity index (χ0) is 21.4. The Bertz CT molecular complexity index is 1000. The number of aliphatic hydroxyl groups is 1. The Kier molecular flexibility index (Phi) is 6.06. The summed E-state index contributed by atoms with van der Waals surface area (Å²) in [6.45, 7) is 9.69. The molecule has 2 aliphatic rings. The van der Waals surface area contributed by atoms with Gasteiger partial charge in [-0.15, -0.1) is 22.7 Å². The van der Waals surface area contributed by atoms with Crippen molar-refractivity contribution in [3.63, 3.8) is 0 Å². The van der Waals surface area contributed by atoms with Gasteiger partial charge in [-0.3, -0.25) is 14.5 Å². The highest BCUT2D eigenvalue weighted by molar-refractivity contribution is 7.14. The molecule has 1 fully saturated rings. The molecule has 2 aromatic rings. The van der Waals surface area contributed by atoms with Crippen LogP contribution in [0.25, 0.3) is 0 Å². The quantitative estimate of drug-likeness (QED) is 0.686. The van der Waals surface area contributed by atoms with Crippen LogP contribution in [0.15, 0.2) is 22.8 Å². The molecule has 0 aliphatic carbocycles. The first kappa shape index (κ1) is 21.2. The van der Waals surface area contributed by atoms with E-state index in [1.165, 1.54) is 22.7 Å². The van der Waals surface area contributed by atoms with Gasteiger partial charge in [-0.05, 0) is 37.8 Å². The van der Waals surface area contributed by atoms with Crippen molar-refractivity contribution in [2.75, 3.05) is 39.4 Å². The molecule has 1 atom stereocenters. The van der Waals surface area contributed by atoms with Gasteiger partial charge in [-0.1, -0.05) is 0 Å². The van der Waals surface area contributed by atoms with Gasteiger partial charge in [0, 0.05) is 31.1 Å². The van der Waals surface area contributed by atoms with Crippen molar-refractivity contribution in [2.24, 2.45) is 0 Å². The number of morpholine rings is 1. The van der Waals surface area contributed by atoms with E-state index >= 15 is 0 Å². The van der Waals surface area contributed by atoms with Crippen LogP contribution in [0.5, 0.6) is 0 Å². The molecular weight excluding hydrogens is 422 g/mol. The van der Waals surface area contributed by atoms with E-state index in [0.29, 0.717) is 36.9 Å². The van der Waals surface area contributed by atoms with E-state index in [9.17, 15) is 14.7 Å². The third-order valence-corrected chi connectivity index (χ3v) is 7.71.